The number of carbonyl (C=O) groups excluding carboxylic acids is 1. The lowest BCUT2D eigenvalue weighted by Gasteiger charge is -2.18. The number of hydrogen-bond donors (Lipinski definition) is 2. The minimum absolute atomic E-state index is 0.0354. The highest BCUT2D eigenvalue weighted by Gasteiger charge is 2.22. The van der Waals surface area contributed by atoms with Crippen molar-refractivity contribution in [2.75, 3.05) is 6.61 Å². The second kappa shape index (κ2) is 7.85. The normalized spacial score (nSPS) is 11.9. The molecule has 7 heteroatoms. The van der Waals surface area contributed by atoms with Crippen molar-refractivity contribution in [2.24, 2.45) is 0 Å². The monoisotopic (exact) mass is 334 g/mol. The summed E-state index contributed by atoms with van der Waals surface area (Å²) in [6, 6.07) is 10.5. The Morgan fingerprint density at radius 3 is 2.65 bits per heavy atom. The maximum atomic E-state index is 12.4. The Bertz CT molecular complexity index is 685. The number of aliphatic hydroxyl groups is 1. The van der Waals surface area contributed by atoms with Crippen LogP contribution in [0.1, 0.15) is 39.0 Å². The third kappa shape index (κ3) is 4.37. The molecular weight excluding hydrogens is 316 g/mol. The van der Waals surface area contributed by atoms with Crippen LogP contribution in [-0.2, 0) is 0 Å². The van der Waals surface area contributed by atoms with Gasteiger partial charge in [-0.2, -0.15) is 0 Å². The molecule has 6 nitrogen and oxygen atoms in total. The zero-order chi connectivity index (χ0) is 16.8. The predicted octanol–water partition coefficient (Wildman–Crippen LogP) is 3.21. The fraction of sp³-hybridized carbons (Fsp3) is 0.312. The molecule has 1 heterocycles. The summed E-state index contributed by atoms with van der Waals surface area (Å²) in [5.41, 5.74) is 0.906. The van der Waals surface area contributed by atoms with Crippen molar-refractivity contribution >= 4 is 22.9 Å². The highest BCUT2D eigenvalue weighted by Crippen LogP contribution is 2.29. The molecule has 1 amide bonds. The molecule has 0 spiro atoms. The van der Waals surface area contributed by atoms with Gasteiger partial charge in [-0.1, -0.05) is 30.3 Å². The Hall–Kier alpha value is -2.25. The first-order valence-electron chi connectivity index (χ1n) is 7.24. The van der Waals surface area contributed by atoms with E-state index in [2.05, 4.69) is 5.32 Å². The van der Waals surface area contributed by atoms with Crippen molar-refractivity contribution in [2.45, 2.75) is 25.8 Å². The average Bonchev–Trinajstić information content (AvgIpc) is 2.94. The molecule has 1 atom stereocenters. The molecule has 2 N–H and O–H groups in total. The quantitative estimate of drug-likeness (QED) is 0.600. The topological polar surface area (TPSA) is 92.5 Å². The maximum Gasteiger partial charge on any atom is 0.283 e. The molecule has 2 rings (SSSR count). The standard InChI is InChI=1S/C16H18N2O4S/c1-11-14(18(21)22)10-15(23-11)16(20)17-13(8-5-9-19)12-6-3-2-4-7-12/h2-4,6-7,10,13,19H,5,8-9H2,1H3,(H,17,20). The number of aryl methyl sites for hydroxylation is 1. The van der Waals surface area contributed by atoms with E-state index in [4.69, 9.17) is 5.11 Å². The number of amides is 1. The fourth-order valence-electron chi connectivity index (χ4n) is 2.30. The molecule has 0 aliphatic carbocycles. The number of aliphatic hydroxyl groups excluding tert-OH is 1. The number of nitrogens with zero attached hydrogens (tertiary/aromatic N) is 1. The zero-order valence-electron chi connectivity index (χ0n) is 12.7. The lowest BCUT2D eigenvalue weighted by Crippen LogP contribution is -2.28. The second-order valence-corrected chi connectivity index (χ2v) is 6.37. The van der Waals surface area contributed by atoms with Crippen LogP contribution in [0.5, 0.6) is 0 Å². The molecule has 1 unspecified atom stereocenters. The van der Waals surface area contributed by atoms with Crippen molar-refractivity contribution in [3.05, 3.63) is 61.8 Å². The summed E-state index contributed by atoms with van der Waals surface area (Å²) in [5, 5.41) is 22.8. The molecule has 2 aromatic rings. The zero-order valence-corrected chi connectivity index (χ0v) is 13.5. The molecule has 0 radical (unpaired) electrons. The van der Waals surface area contributed by atoms with Gasteiger partial charge in [-0.25, -0.2) is 0 Å². The minimum atomic E-state index is -0.483. The molecule has 0 fully saturated rings. The smallest absolute Gasteiger partial charge is 0.283 e. The first-order valence-corrected chi connectivity index (χ1v) is 8.06. The number of nitro groups is 1. The molecule has 1 aromatic heterocycles. The fourth-order valence-corrected chi connectivity index (χ4v) is 3.19. The summed E-state index contributed by atoms with van der Waals surface area (Å²) in [6.45, 7) is 1.67. The van der Waals surface area contributed by atoms with Crippen LogP contribution in [0.4, 0.5) is 5.69 Å². The summed E-state index contributed by atoms with van der Waals surface area (Å²) in [7, 11) is 0. The molecule has 122 valence electrons. The van der Waals surface area contributed by atoms with E-state index in [0.717, 1.165) is 16.9 Å². The lowest BCUT2D eigenvalue weighted by atomic mass is 10.0. The van der Waals surface area contributed by atoms with Crippen LogP contribution in [0.15, 0.2) is 36.4 Å². The molecule has 0 saturated heterocycles. The highest BCUT2D eigenvalue weighted by atomic mass is 32.1. The SMILES string of the molecule is Cc1sc(C(=O)NC(CCCO)c2ccccc2)cc1[N+](=O)[O-]. The summed E-state index contributed by atoms with van der Waals surface area (Å²) in [5.74, 6) is -0.335. The van der Waals surface area contributed by atoms with Crippen LogP contribution in [0.2, 0.25) is 0 Å². The Morgan fingerprint density at radius 1 is 1.39 bits per heavy atom. The summed E-state index contributed by atoms with van der Waals surface area (Å²) in [6.07, 6.45) is 1.15. The number of rotatable bonds is 7. The average molecular weight is 334 g/mol. The molecule has 0 saturated carbocycles. The van der Waals surface area contributed by atoms with Crippen LogP contribution in [0.25, 0.3) is 0 Å². The van der Waals surface area contributed by atoms with Crippen LogP contribution in [-0.4, -0.2) is 22.5 Å². The van der Waals surface area contributed by atoms with Gasteiger partial charge >= 0.3 is 0 Å². The van der Waals surface area contributed by atoms with Crippen LogP contribution >= 0.6 is 11.3 Å². The molecule has 0 aliphatic rings. The van der Waals surface area contributed by atoms with Crippen molar-refractivity contribution in [3.63, 3.8) is 0 Å². The van der Waals surface area contributed by atoms with Crippen molar-refractivity contribution in [1.82, 2.24) is 5.32 Å². The van der Waals surface area contributed by atoms with E-state index >= 15 is 0 Å². The van der Waals surface area contributed by atoms with E-state index in [9.17, 15) is 14.9 Å². The van der Waals surface area contributed by atoms with Gasteiger partial charge < -0.3 is 10.4 Å². The Kier molecular flexibility index (Phi) is 5.84. The van der Waals surface area contributed by atoms with Gasteiger partial charge in [-0.15, -0.1) is 11.3 Å². The molecule has 0 aliphatic heterocycles. The van der Waals surface area contributed by atoms with Gasteiger partial charge in [0.1, 0.15) is 0 Å². The van der Waals surface area contributed by atoms with E-state index in [1.807, 2.05) is 30.3 Å². The predicted molar refractivity (Wildman–Crippen MR) is 88.7 cm³/mol. The van der Waals surface area contributed by atoms with Crippen LogP contribution < -0.4 is 5.32 Å². The summed E-state index contributed by atoms with van der Waals surface area (Å²) in [4.78, 5) is 23.6. The lowest BCUT2D eigenvalue weighted by molar-refractivity contribution is -0.385. The Morgan fingerprint density at radius 2 is 2.09 bits per heavy atom. The van der Waals surface area contributed by atoms with Gasteiger partial charge in [0.25, 0.3) is 11.6 Å². The van der Waals surface area contributed by atoms with Crippen LogP contribution in [0, 0.1) is 17.0 Å². The number of nitrogens with one attached hydrogen (secondary N) is 1. The highest BCUT2D eigenvalue weighted by molar-refractivity contribution is 7.14. The van der Waals surface area contributed by atoms with Gasteiger partial charge in [0, 0.05) is 12.7 Å². The summed E-state index contributed by atoms with van der Waals surface area (Å²) >= 11 is 1.11. The Balaban J connectivity index is 2.17. The Labute approximate surface area is 137 Å². The van der Waals surface area contributed by atoms with Crippen molar-refractivity contribution in [1.29, 1.82) is 0 Å². The van der Waals surface area contributed by atoms with Crippen molar-refractivity contribution in [3.8, 4) is 0 Å². The van der Waals surface area contributed by atoms with Gasteiger partial charge in [0.05, 0.1) is 20.7 Å². The van der Waals surface area contributed by atoms with E-state index < -0.39 is 4.92 Å². The number of benzene rings is 1. The first-order chi connectivity index (χ1) is 11.0. The van der Waals surface area contributed by atoms with E-state index in [1.165, 1.54) is 6.07 Å². The van der Waals surface area contributed by atoms with Gasteiger partial charge in [0.2, 0.25) is 0 Å². The maximum absolute atomic E-state index is 12.4. The van der Waals surface area contributed by atoms with Crippen LogP contribution in [0.3, 0.4) is 0 Å². The first kappa shape index (κ1) is 17.1. The van der Waals surface area contributed by atoms with Crippen molar-refractivity contribution < 1.29 is 14.8 Å². The van der Waals surface area contributed by atoms with E-state index in [0.29, 0.717) is 22.6 Å². The number of thiophene rings is 1. The minimum Gasteiger partial charge on any atom is -0.396 e. The van der Waals surface area contributed by atoms with E-state index in [-0.39, 0.29) is 24.2 Å². The largest absolute Gasteiger partial charge is 0.396 e. The second-order valence-electron chi connectivity index (χ2n) is 5.11. The third-order valence-corrected chi connectivity index (χ3v) is 4.51. The molecule has 0 bridgehead atoms. The molecule has 1 aromatic carbocycles. The molecule has 23 heavy (non-hydrogen) atoms. The van der Waals surface area contributed by atoms with Gasteiger partial charge in [0.15, 0.2) is 0 Å². The summed E-state index contributed by atoms with van der Waals surface area (Å²) < 4.78 is 0. The van der Waals surface area contributed by atoms with Gasteiger partial charge in [-0.3, -0.25) is 14.9 Å². The number of hydrogen-bond acceptors (Lipinski definition) is 5. The number of carbonyl (C=O) groups is 1. The van der Waals surface area contributed by atoms with E-state index in [1.54, 1.807) is 6.92 Å². The van der Waals surface area contributed by atoms with Gasteiger partial charge in [-0.05, 0) is 25.3 Å². The third-order valence-electron chi connectivity index (χ3n) is 3.47. The molecular formula is C16H18N2O4S.